The molecule has 78 valence electrons. The predicted octanol–water partition coefficient (Wildman–Crippen LogP) is 1.21. The number of hydrogen-bond acceptors (Lipinski definition) is 5. The Hall–Kier alpha value is -2.13. The van der Waals surface area contributed by atoms with Gasteiger partial charge in [-0.1, -0.05) is 6.07 Å². The molecule has 5 nitrogen and oxygen atoms in total. The SMILES string of the molecule is COC(=O)COc1cccc(N=C=O)c1. The van der Waals surface area contributed by atoms with Crippen LogP contribution < -0.4 is 4.74 Å². The van der Waals surface area contributed by atoms with Crippen LogP contribution in [0.2, 0.25) is 0 Å². The lowest BCUT2D eigenvalue weighted by molar-refractivity contribution is -0.142. The predicted molar refractivity (Wildman–Crippen MR) is 51.7 cm³/mol. The van der Waals surface area contributed by atoms with E-state index in [0.717, 1.165) is 0 Å². The minimum absolute atomic E-state index is 0.176. The fourth-order valence-electron chi connectivity index (χ4n) is 0.897. The molecule has 0 amide bonds. The normalized spacial score (nSPS) is 8.87. The van der Waals surface area contributed by atoms with Crippen molar-refractivity contribution in [1.29, 1.82) is 0 Å². The van der Waals surface area contributed by atoms with E-state index in [1.54, 1.807) is 18.2 Å². The molecule has 1 aromatic rings. The first-order chi connectivity index (χ1) is 7.26. The molecular formula is C10H9NO4. The fourth-order valence-corrected chi connectivity index (χ4v) is 0.897. The van der Waals surface area contributed by atoms with Crippen molar-refractivity contribution in [1.82, 2.24) is 0 Å². The lowest BCUT2D eigenvalue weighted by Gasteiger charge is -2.04. The van der Waals surface area contributed by atoms with Crippen molar-refractivity contribution >= 4 is 17.7 Å². The first-order valence-corrected chi connectivity index (χ1v) is 4.14. The standard InChI is InChI=1S/C10H9NO4/c1-14-10(13)6-15-9-4-2-3-8(5-9)11-7-12/h2-5H,6H2,1H3. The minimum atomic E-state index is -0.473. The second-order valence-electron chi connectivity index (χ2n) is 2.57. The molecule has 1 aromatic carbocycles. The number of benzene rings is 1. The van der Waals surface area contributed by atoms with Gasteiger partial charge in [0, 0.05) is 6.07 Å². The quantitative estimate of drug-likeness (QED) is 0.423. The highest BCUT2D eigenvalue weighted by Gasteiger charge is 2.01. The summed E-state index contributed by atoms with van der Waals surface area (Å²) in [6, 6.07) is 6.44. The van der Waals surface area contributed by atoms with E-state index in [-0.39, 0.29) is 6.61 Å². The van der Waals surface area contributed by atoms with Crippen molar-refractivity contribution < 1.29 is 19.1 Å². The van der Waals surface area contributed by atoms with Crippen LogP contribution in [0.1, 0.15) is 0 Å². The Morgan fingerprint density at radius 1 is 1.53 bits per heavy atom. The fraction of sp³-hybridized carbons (Fsp3) is 0.200. The van der Waals surface area contributed by atoms with Crippen molar-refractivity contribution in [3.63, 3.8) is 0 Å². The van der Waals surface area contributed by atoms with Crippen molar-refractivity contribution in [3.8, 4) is 5.75 Å². The van der Waals surface area contributed by atoms with Crippen LogP contribution in [0.15, 0.2) is 29.3 Å². The first-order valence-electron chi connectivity index (χ1n) is 4.14. The summed E-state index contributed by atoms with van der Waals surface area (Å²) in [5.41, 5.74) is 0.423. The van der Waals surface area contributed by atoms with Crippen LogP contribution in [0.25, 0.3) is 0 Å². The number of rotatable bonds is 4. The maximum atomic E-state index is 10.8. The molecule has 0 aliphatic heterocycles. The van der Waals surface area contributed by atoms with Gasteiger partial charge in [0.2, 0.25) is 6.08 Å². The third kappa shape index (κ3) is 3.62. The maximum Gasteiger partial charge on any atom is 0.343 e. The highest BCUT2D eigenvalue weighted by molar-refractivity contribution is 5.70. The Balaban J connectivity index is 2.65. The molecule has 0 unspecified atom stereocenters. The van der Waals surface area contributed by atoms with Gasteiger partial charge in [0.25, 0.3) is 0 Å². The van der Waals surface area contributed by atoms with Crippen LogP contribution in [-0.4, -0.2) is 25.8 Å². The molecule has 0 atom stereocenters. The number of isocyanates is 1. The number of aliphatic imine (C=N–C) groups is 1. The Bertz CT molecular complexity index is 396. The summed E-state index contributed by atoms with van der Waals surface area (Å²) in [6.45, 7) is -0.176. The lowest BCUT2D eigenvalue weighted by Crippen LogP contribution is -2.12. The van der Waals surface area contributed by atoms with E-state index in [4.69, 9.17) is 4.74 Å². The number of carbonyl (C=O) groups excluding carboxylic acids is 2. The summed E-state index contributed by atoms with van der Waals surface area (Å²) in [7, 11) is 1.28. The van der Waals surface area contributed by atoms with E-state index >= 15 is 0 Å². The molecule has 15 heavy (non-hydrogen) atoms. The van der Waals surface area contributed by atoms with E-state index in [2.05, 4.69) is 9.73 Å². The average Bonchev–Trinajstić information content (AvgIpc) is 2.27. The van der Waals surface area contributed by atoms with Gasteiger partial charge in [-0.2, -0.15) is 4.99 Å². The second-order valence-corrected chi connectivity index (χ2v) is 2.57. The van der Waals surface area contributed by atoms with Crippen LogP contribution in [0.5, 0.6) is 5.75 Å². The van der Waals surface area contributed by atoms with Crippen LogP contribution in [0, 0.1) is 0 Å². The van der Waals surface area contributed by atoms with Crippen LogP contribution in [-0.2, 0) is 14.3 Å². The highest BCUT2D eigenvalue weighted by atomic mass is 16.6. The molecule has 1 rings (SSSR count). The van der Waals surface area contributed by atoms with Gasteiger partial charge in [-0.05, 0) is 12.1 Å². The van der Waals surface area contributed by atoms with Crippen molar-refractivity contribution in [2.75, 3.05) is 13.7 Å². The lowest BCUT2D eigenvalue weighted by atomic mass is 10.3. The summed E-state index contributed by atoms with van der Waals surface area (Å²) in [4.78, 5) is 24.2. The van der Waals surface area contributed by atoms with Gasteiger partial charge >= 0.3 is 5.97 Å². The molecule has 0 N–H and O–H groups in total. The number of nitrogens with zero attached hydrogens (tertiary/aromatic N) is 1. The van der Waals surface area contributed by atoms with Gasteiger partial charge < -0.3 is 9.47 Å². The molecule has 0 heterocycles. The van der Waals surface area contributed by atoms with E-state index in [1.165, 1.54) is 19.3 Å². The highest BCUT2D eigenvalue weighted by Crippen LogP contribution is 2.19. The van der Waals surface area contributed by atoms with Gasteiger partial charge in [0.15, 0.2) is 6.61 Å². The van der Waals surface area contributed by atoms with Gasteiger partial charge in [0.05, 0.1) is 12.8 Å². The molecule has 5 heteroatoms. The maximum absolute atomic E-state index is 10.8. The smallest absolute Gasteiger partial charge is 0.343 e. The minimum Gasteiger partial charge on any atom is -0.482 e. The number of carbonyl (C=O) groups is 1. The largest absolute Gasteiger partial charge is 0.482 e. The number of hydrogen-bond donors (Lipinski definition) is 0. The van der Waals surface area contributed by atoms with Gasteiger partial charge in [-0.3, -0.25) is 0 Å². The van der Waals surface area contributed by atoms with Crippen LogP contribution >= 0.6 is 0 Å². The third-order valence-electron chi connectivity index (χ3n) is 1.58. The van der Waals surface area contributed by atoms with Crippen molar-refractivity contribution in [2.24, 2.45) is 4.99 Å². The zero-order chi connectivity index (χ0) is 11.1. The molecule has 0 radical (unpaired) electrons. The number of methoxy groups -OCH3 is 1. The molecular weight excluding hydrogens is 198 g/mol. The van der Waals surface area contributed by atoms with E-state index in [0.29, 0.717) is 11.4 Å². The molecule has 0 aliphatic carbocycles. The molecule has 0 bridgehead atoms. The Kier molecular flexibility index (Phi) is 4.06. The van der Waals surface area contributed by atoms with Crippen molar-refractivity contribution in [3.05, 3.63) is 24.3 Å². The van der Waals surface area contributed by atoms with Gasteiger partial charge in [0.1, 0.15) is 5.75 Å². The first kappa shape index (κ1) is 10.9. The van der Waals surface area contributed by atoms with Crippen LogP contribution in [0.4, 0.5) is 5.69 Å². The Morgan fingerprint density at radius 2 is 2.33 bits per heavy atom. The van der Waals surface area contributed by atoms with Gasteiger partial charge in [-0.25, -0.2) is 9.59 Å². The zero-order valence-corrected chi connectivity index (χ0v) is 8.10. The summed E-state index contributed by atoms with van der Waals surface area (Å²) < 4.78 is 9.48. The van der Waals surface area contributed by atoms with Crippen LogP contribution in [0.3, 0.4) is 0 Å². The van der Waals surface area contributed by atoms with Crippen molar-refractivity contribution in [2.45, 2.75) is 0 Å². The third-order valence-corrected chi connectivity index (χ3v) is 1.58. The summed E-state index contributed by atoms with van der Waals surface area (Å²) in [6.07, 6.45) is 1.42. The number of ether oxygens (including phenoxy) is 2. The average molecular weight is 207 g/mol. The Morgan fingerprint density at radius 3 is 3.00 bits per heavy atom. The summed E-state index contributed by atoms with van der Waals surface area (Å²) in [5.74, 6) is -0.0313. The van der Waals surface area contributed by atoms with E-state index in [9.17, 15) is 9.59 Å². The molecule has 0 spiro atoms. The monoisotopic (exact) mass is 207 g/mol. The molecule has 0 saturated carbocycles. The topological polar surface area (TPSA) is 65.0 Å². The number of esters is 1. The summed E-state index contributed by atoms with van der Waals surface area (Å²) >= 11 is 0. The second kappa shape index (κ2) is 5.57. The Labute approximate surface area is 86.3 Å². The molecule has 0 saturated heterocycles. The zero-order valence-electron chi connectivity index (χ0n) is 8.10. The molecule has 0 fully saturated rings. The molecule has 0 aromatic heterocycles. The van der Waals surface area contributed by atoms with Gasteiger partial charge in [-0.15, -0.1) is 0 Å². The van der Waals surface area contributed by atoms with E-state index < -0.39 is 5.97 Å². The summed E-state index contributed by atoms with van der Waals surface area (Å²) in [5, 5.41) is 0. The van der Waals surface area contributed by atoms with E-state index in [1.807, 2.05) is 0 Å². The molecule has 0 aliphatic rings.